The van der Waals surface area contributed by atoms with Crippen molar-refractivity contribution in [2.45, 2.75) is 0 Å². The van der Waals surface area contributed by atoms with Gasteiger partial charge in [-0.3, -0.25) is 0 Å². The monoisotopic (exact) mass is 1060 g/mol. The van der Waals surface area contributed by atoms with Crippen molar-refractivity contribution in [1.29, 1.82) is 0 Å². The van der Waals surface area contributed by atoms with Crippen LogP contribution in [0, 0.1) is 11.6 Å². The molecule has 0 radical (unpaired) electrons. The highest BCUT2D eigenvalue weighted by molar-refractivity contribution is 6.10. The fourth-order valence-electron chi connectivity index (χ4n) is 11.7. The van der Waals surface area contributed by atoms with Crippen LogP contribution in [0.5, 0.6) is 0 Å². The maximum Gasteiger partial charge on any atom is 0.123 e. The minimum atomic E-state index is -0.276. The first-order valence-corrected chi connectivity index (χ1v) is 27.5. The Morgan fingerprint density at radius 3 is 0.817 bits per heavy atom. The van der Waals surface area contributed by atoms with Crippen LogP contribution < -0.4 is 9.80 Å². The van der Waals surface area contributed by atoms with Gasteiger partial charge in [-0.2, -0.15) is 0 Å². The highest BCUT2D eigenvalue weighted by Gasteiger charge is 2.26. The van der Waals surface area contributed by atoms with Gasteiger partial charge in [0.05, 0.1) is 22.4 Å². The standard InChI is InChI=1S/C76H52F2N4/c77-59-33-37-63(38-34-59)79(61-27-15-5-16-28-61)65-41-45-67(46-42-65)81-71-49-31-57(51-69(71)73(53-19-7-1-8-20-53)75(81)55-23-11-3-12-24-55)58-32-50-72-70(52-58)74(54-21-9-2-10-22-54)76(56-25-13-4-14-26-56)82(72)68-47-43-66(44-48-68)80(62-29-17-6-18-30-62)64-39-35-60(78)36-40-64/h1-52H. The van der Waals surface area contributed by atoms with Crippen molar-refractivity contribution in [3.63, 3.8) is 0 Å². The van der Waals surface area contributed by atoms with Gasteiger partial charge < -0.3 is 18.9 Å². The zero-order chi connectivity index (χ0) is 54.9. The summed E-state index contributed by atoms with van der Waals surface area (Å²) in [6, 6.07) is 108. The predicted molar refractivity (Wildman–Crippen MR) is 337 cm³/mol. The van der Waals surface area contributed by atoms with Crippen molar-refractivity contribution in [2.24, 2.45) is 0 Å². The van der Waals surface area contributed by atoms with Crippen molar-refractivity contribution in [3.8, 4) is 67.3 Å². The van der Waals surface area contributed by atoms with Crippen LogP contribution in [-0.2, 0) is 0 Å². The molecule has 0 saturated carbocycles. The van der Waals surface area contributed by atoms with E-state index in [2.05, 4.69) is 249 Å². The largest absolute Gasteiger partial charge is 0.311 e. The first-order valence-electron chi connectivity index (χ1n) is 27.5. The van der Waals surface area contributed by atoms with Gasteiger partial charge in [0.1, 0.15) is 11.6 Å². The van der Waals surface area contributed by atoms with Crippen LogP contribution >= 0.6 is 0 Å². The molecule has 0 aliphatic heterocycles. The maximum absolute atomic E-state index is 14.3. The zero-order valence-corrected chi connectivity index (χ0v) is 44.6. The predicted octanol–water partition coefficient (Wildman–Crippen LogP) is 21.1. The number of halogens is 2. The van der Waals surface area contributed by atoms with Crippen LogP contribution in [0.2, 0.25) is 0 Å². The SMILES string of the molecule is Fc1ccc(N(c2ccccc2)c2ccc(-n3c(-c4ccccc4)c(-c4ccccc4)c4cc(-c5ccc6c(c5)c(-c5ccccc5)c(-c5ccccc5)n6-c5ccc(N(c6ccccc6)c6ccc(F)cc6)cc5)ccc43)cc2)cc1. The van der Waals surface area contributed by atoms with Gasteiger partial charge in [0, 0.05) is 67.4 Å². The second kappa shape index (κ2) is 21.4. The molecule has 0 spiro atoms. The summed E-state index contributed by atoms with van der Waals surface area (Å²) in [6.45, 7) is 0. The average Bonchev–Trinajstić information content (AvgIpc) is 4.29. The average molecular weight is 1060 g/mol. The maximum atomic E-state index is 14.3. The van der Waals surface area contributed by atoms with E-state index in [-0.39, 0.29) is 11.6 Å². The molecule has 2 aromatic heterocycles. The van der Waals surface area contributed by atoms with E-state index in [0.29, 0.717) is 0 Å². The topological polar surface area (TPSA) is 16.3 Å². The fourth-order valence-corrected chi connectivity index (χ4v) is 11.7. The molecular weight excluding hydrogens is 1010 g/mol. The number of anilines is 6. The molecule has 2 heterocycles. The Morgan fingerprint density at radius 1 is 0.232 bits per heavy atom. The molecule has 14 rings (SSSR count). The van der Waals surface area contributed by atoms with Crippen LogP contribution in [0.25, 0.3) is 89.1 Å². The zero-order valence-electron chi connectivity index (χ0n) is 44.6. The Labute approximate surface area is 475 Å². The summed E-state index contributed by atoms with van der Waals surface area (Å²) in [7, 11) is 0. The van der Waals surface area contributed by atoms with Crippen LogP contribution in [0.15, 0.2) is 315 Å². The summed E-state index contributed by atoms with van der Waals surface area (Å²) in [5.41, 5.74) is 20.8. The summed E-state index contributed by atoms with van der Waals surface area (Å²) in [4.78, 5) is 4.31. The number of hydrogen-bond acceptors (Lipinski definition) is 2. The first kappa shape index (κ1) is 49.5. The lowest BCUT2D eigenvalue weighted by atomic mass is 9.94. The lowest BCUT2D eigenvalue weighted by molar-refractivity contribution is 0.627. The van der Waals surface area contributed by atoms with Gasteiger partial charge in [0.15, 0.2) is 0 Å². The van der Waals surface area contributed by atoms with E-state index in [0.717, 1.165) is 123 Å². The Bertz CT molecular complexity index is 4210. The van der Waals surface area contributed by atoms with E-state index < -0.39 is 0 Å². The van der Waals surface area contributed by atoms with Crippen molar-refractivity contribution in [2.75, 3.05) is 9.80 Å². The minimum Gasteiger partial charge on any atom is -0.311 e. The molecule has 0 amide bonds. The Kier molecular flexibility index (Phi) is 12.9. The smallest absolute Gasteiger partial charge is 0.123 e. The van der Waals surface area contributed by atoms with Gasteiger partial charge in [0.2, 0.25) is 0 Å². The fraction of sp³-hybridized carbons (Fsp3) is 0. The third kappa shape index (κ3) is 9.18. The molecule has 82 heavy (non-hydrogen) atoms. The molecule has 6 heteroatoms. The number of nitrogens with zero attached hydrogens (tertiary/aromatic N) is 4. The van der Waals surface area contributed by atoms with Crippen molar-refractivity contribution in [1.82, 2.24) is 9.13 Å². The molecule has 4 nitrogen and oxygen atoms in total. The van der Waals surface area contributed by atoms with Gasteiger partial charge in [-0.25, -0.2) is 8.78 Å². The van der Waals surface area contributed by atoms with Crippen molar-refractivity contribution >= 4 is 55.9 Å². The minimum absolute atomic E-state index is 0.276. The Hall–Kier alpha value is -10.8. The van der Waals surface area contributed by atoms with E-state index in [9.17, 15) is 8.78 Å². The van der Waals surface area contributed by atoms with Crippen molar-refractivity contribution in [3.05, 3.63) is 327 Å². The summed E-state index contributed by atoms with van der Waals surface area (Å²) >= 11 is 0. The number of para-hydroxylation sites is 2. The molecular formula is C76H52F2N4. The third-order valence-electron chi connectivity index (χ3n) is 15.4. The highest BCUT2D eigenvalue weighted by Crippen LogP contribution is 2.48. The van der Waals surface area contributed by atoms with E-state index in [1.807, 2.05) is 60.7 Å². The van der Waals surface area contributed by atoms with Crippen LogP contribution in [-0.4, -0.2) is 9.13 Å². The molecule has 390 valence electrons. The normalized spacial score (nSPS) is 11.3. The second-order valence-electron chi connectivity index (χ2n) is 20.4. The molecule has 0 N–H and O–H groups in total. The highest BCUT2D eigenvalue weighted by atomic mass is 19.1. The number of aromatic nitrogens is 2. The van der Waals surface area contributed by atoms with Crippen LogP contribution in [0.1, 0.15) is 0 Å². The summed E-state index contributed by atoms with van der Waals surface area (Å²) in [5, 5.41) is 2.25. The van der Waals surface area contributed by atoms with Gasteiger partial charge in [-0.15, -0.1) is 0 Å². The summed E-state index contributed by atoms with van der Waals surface area (Å²) < 4.78 is 33.4. The van der Waals surface area contributed by atoms with E-state index >= 15 is 0 Å². The molecule has 0 saturated heterocycles. The first-order chi connectivity index (χ1) is 40.5. The number of rotatable bonds is 13. The van der Waals surface area contributed by atoms with Crippen LogP contribution in [0.3, 0.4) is 0 Å². The van der Waals surface area contributed by atoms with Crippen molar-refractivity contribution < 1.29 is 8.78 Å². The van der Waals surface area contributed by atoms with Gasteiger partial charge in [-0.05, 0) is 179 Å². The summed E-state index contributed by atoms with van der Waals surface area (Å²) in [6.07, 6.45) is 0. The van der Waals surface area contributed by atoms with Crippen LogP contribution in [0.4, 0.5) is 42.9 Å². The third-order valence-corrected chi connectivity index (χ3v) is 15.4. The van der Waals surface area contributed by atoms with Gasteiger partial charge in [-0.1, -0.05) is 170 Å². The molecule has 0 atom stereocenters. The molecule has 12 aromatic carbocycles. The van der Waals surface area contributed by atoms with E-state index in [1.54, 1.807) is 0 Å². The lowest BCUT2D eigenvalue weighted by Gasteiger charge is -2.26. The number of benzene rings is 12. The molecule has 0 unspecified atom stereocenters. The Morgan fingerprint density at radius 2 is 0.500 bits per heavy atom. The molecule has 0 bridgehead atoms. The molecule has 0 aliphatic carbocycles. The second-order valence-corrected chi connectivity index (χ2v) is 20.4. The number of fused-ring (bicyclic) bond motifs is 2. The number of hydrogen-bond donors (Lipinski definition) is 0. The Balaban J connectivity index is 0.950. The van der Waals surface area contributed by atoms with Gasteiger partial charge >= 0.3 is 0 Å². The molecule has 14 aromatic rings. The molecule has 0 aliphatic rings. The molecule has 0 fully saturated rings. The quantitative estimate of drug-likeness (QED) is 0.114. The van der Waals surface area contributed by atoms with Gasteiger partial charge in [0.25, 0.3) is 0 Å². The summed E-state index contributed by atoms with van der Waals surface area (Å²) in [5.74, 6) is -0.553. The lowest BCUT2D eigenvalue weighted by Crippen LogP contribution is -2.10. The van der Waals surface area contributed by atoms with E-state index in [1.165, 1.54) is 24.3 Å². The van der Waals surface area contributed by atoms with E-state index in [4.69, 9.17) is 0 Å².